The number of fused-ring (bicyclic) bond motifs is 1. The van der Waals surface area contributed by atoms with Crippen LogP contribution in [0.25, 0.3) is 10.2 Å². The molecule has 0 aliphatic heterocycles. The van der Waals surface area contributed by atoms with Crippen LogP contribution in [0.5, 0.6) is 0 Å². The van der Waals surface area contributed by atoms with Gasteiger partial charge in [-0.1, -0.05) is 0 Å². The van der Waals surface area contributed by atoms with Gasteiger partial charge in [-0.25, -0.2) is 4.98 Å². The summed E-state index contributed by atoms with van der Waals surface area (Å²) in [5.74, 6) is 0.390. The van der Waals surface area contributed by atoms with Crippen LogP contribution in [0.4, 0.5) is 11.4 Å². The molecule has 0 atom stereocenters. The van der Waals surface area contributed by atoms with Gasteiger partial charge in [-0.05, 0) is 30.9 Å². The van der Waals surface area contributed by atoms with Crippen molar-refractivity contribution >= 4 is 32.9 Å². The van der Waals surface area contributed by atoms with Crippen molar-refractivity contribution in [3.63, 3.8) is 0 Å². The second-order valence-electron chi connectivity index (χ2n) is 4.79. The molecule has 0 spiro atoms. The normalized spacial score (nSPS) is 22.2. The van der Waals surface area contributed by atoms with Gasteiger partial charge in [-0.3, -0.25) is 10.1 Å². The lowest BCUT2D eigenvalue weighted by Gasteiger charge is -2.31. The molecule has 1 aliphatic rings. The number of anilines is 1. The van der Waals surface area contributed by atoms with E-state index >= 15 is 0 Å². The fourth-order valence-electron chi connectivity index (χ4n) is 2.37. The van der Waals surface area contributed by atoms with E-state index in [9.17, 15) is 15.2 Å². The van der Waals surface area contributed by atoms with Crippen molar-refractivity contribution in [1.29, 1.82) is 0 Å². The zero-order chi connectivity index (χ0) is 13.4. The number of nitro groups is 1. The van der Waals surface area contributed by atoms with E-state index in [0.29, 0.717) is 23.7 Å². The highest BCUT2D eigenvalue weighted by Crippen LogP contribution is 2.35. The highest BCUT2D eigenvalue weighted by molar-refractivity contribution is 7.16. The number of aliphatic hydroxyl groups is 1. The van der Waals surface area contributed by atoms with E-state index in [4.69, 9.17) is 0 Å². The number of aliphatic hydroxyl groups excluding tert-OH is 1. The van der Waals surface area contributed by atoms with E-state index in [2.05, 4.69) is 10.3 Å². The van der Waals surface area contributed by atoms with Crippen LogP contribution in [0.1, 0.15) is 12.8 Å². The molecular weight excluding hydrogens is 266 g/mol. The van der Waals surface area contributed by atoms with Gasteiger partial charge in [0.05, 0.1) is 21.2 Å². The summed E-state index contributed by atoms with van der Waals surface area (Å²) in [4.78, 5) is 14.9. The topological polar surface area (TPSA) is 88.3 Å². The number of aromatic nitrogens is 1. The molecular formula is C12H13N3O3S. The predicted molar refractivity (Wildman–Crippen MR) is 73.5 cm³/mol. The Morgan fingerprint density at radius 2 is 2.32 bits per heavy atom. The Morgan fingerprint density at radius 3 is 3.00 bits per heavy atom. The minimum absolute atomic E-state index is 0.0404. The fraction of sp³-hybridized carbons (Fsp3) is 0.417. The molecule has 1 aliphatic carbocycles. The third-order valence-corrected chi connectivity index (χ3v) is 4.24. The van der Waals surface area contributed by atoms with Crippen LogP contribution < -0.4 is 5.32 Å². The molecule has 1 aromatic heterocycles. The van der Waals surface area contributed by atoms with Crippen molar-refractivity contribution in [2.24, 2.45) is 5.92 Å². The Hall–Kier alpha value is -1.73. The fourth-order valence-corrected chi connectivity index (χ4v) is 3.05. The molecule has 6 nitrogen and oxygen atoms in total. The van der Waals surface area contributed by atoms with Crippen molar-refractivity contribution in [3.05, 3.63) is 27.8 Å². The number of hydrogen-bond acceptors (Lipinski definition) is 6. The van der Waals surface area contributed by atoms with Gasteiger partial charge in [0.25, 0.3) is 0 Å². The Bertz CT molecular complexity index is 622. The van der Waals surface area contributed by atoms with Gasteiger partial charge in [0.1, 0.15) is 5.69 Å². The molecule has 100 valence electrons. The summed E-state index contributed by atoms with van der Waals surface area (Å²) < 4.78 is 0.816. The molecule has 3 rings (SSSR count). The zero-order valence-electron chi connectivity index (χ0n) is 10.1. The summed E-state index contributed by atoms with van der Waals surface area (Å²) >= 11 is 1.39. The molecule has 1 fully saturated rings. The molecule has 1 saturated carbocycles. The Morgan fingerprint density at radius 1 is 1.53 bits per heavy atom. The zero-order valence-corrected chi connectivity index (χ0v) is 10.9. The first-order chi connectivity index (χ1) is 9.15. The van der Waals surface area contributed by atoms with Crippen LogP contribution in [0.15, 0.2) is 17.6 Å². The number of hydrogen-bond donors (Lipinski definition) is 2. The van der Waals surface area contributed by atoms with Gasteiger partial charge in [0.15, 0.2) is 5.52 Å². The van der Waals surface area contributed by atoms with Gasteiger partial charge >= 0.3 is 5.69 Å². The van der Waals surface area contributed by atoms with Crippen LogP contribution >= 0.6 is 11.3 Å². The minimum atomic E-state index is -0.389. The van der Waals surface area contributed by atoms with E-state index in [1.165, 1.54) is 11.3 Å². The largest absolute Gasteiger partial charge is 0.393 e. The maximum absolute atomic E-state index is 11.2. The Kier molecular flexibility index (Phi) is 3.08. The first-order valence-corrected chi connectivity index (χ1v) is 6.95. The average Bonchev–Trinajstić information content (AvgIpc) is 2.80. The third-order valence-electron chi connectivity index (χ3n) is 3.45. The first kappa shape index (κ1) is 12.3. The smallest absolute Gasteiger partial charge is 0.319 e. The summed E-state index contributed by atoms with van der Waals surface area (Å²) in [6.07, 6.45) is 1.32. The molecule has 0 saturated heterocycles. The summed E-state index contributed by atoms with van der Waals surface area (Å²) in [5, 5.41) is 23.5. The van der Waals surface area contributed by atoms with Crippen molar-refractivity contribution in [3.8, 4) is 0 Å². The van der Waals surface area contributed by atoms with Gasteiger partial charge in [-0.15, -0.1) is 11.3 Å². The van der Waals surface area contributed by atoms with Crippen molar-refractivity contribution in [1.82, 2.24) is 4.98 Å². The lowest BCUT2D eigenvalue weighted by molar-refractivity contribution is -0.382. The van der Waals surface area contributed by atoms with Crippen LogP contribution in [-0.4, -0.2) is 27.7 Å². The van der Waals surface area contributed by atoms with Crippen LogP contribution in [0.2, 0.25) is 0 Å². The number of benzene rings is 1. The molecule has 1 heterocycles. The predicted octanol–water partition coefficient (Wildman–Crippen LogP) is 2.39. The second kappa shape index (κ2) is 4.75. The Balaban J connectivity index is 1.85. The van der Waals surface area contributed by atoms with Gasteiger partial charge in [-0.2, -0.15) is 0 Å². The lowest BCUT2D eigenvalue weighted by Crippen LogP contribution is -2.33. The van der Waals surface area contributed by atoms with Crippen LogP contribution in [0, 0.1) is 16.0 Å². The molecule has 0 unspecified atom stereocenters. The SMILES string of the molecule is O=[N+]([O-])c1c(NCC2CC(O)C2)ccc2scnc12. The molecule has 7 heteroatoms. The van der Waals surface area contributed by atoms with Crippen LogP contribution in [-0.2, 0) is 0 Å². The van der Waals surface area contributed by atoms with E-state index in [0.717, 1.165) is 17.5 Å². The molecule has 2 aromatic rings. The Labute approximate surface area is 113 Å². The number of nitrogens with zero attached hydrogens (tertiary/aromatic N) is 2. The van der Waals surface area contributed by atoms with E-state index in [1.54, 1.807) is 11.6 Å². The molecule has 2 N–H and O–H groups in total. The average molecular weight is 279 g/mol. The first-order valence-electron chi connectivity index (χ1n) is 6.07. The minimum Gasteiger partial charge on any atom is -0.393 e. The van der Waals surface area contributed by atoms with Crippen molar-refractivity contribution < 1.29 is 10.0 Å². The highest BCUT2D eigenvalue weighted by Gasteiger charge is 2.28. The number of nitrogens with one attached hydrogen (secondary N) is 1. The maximum atomic E-state index is 11.2. The third kappa shape index (κ3) is 2.26. The summed E-state index contributed by atoms with van der Waals surface area (Å²) in [7, 11) is 0. The second-order valence-corrected chi connectivity index (χ2v) is 5.68. The number of nitro benzene ring substituents is 1. The monoisotopic (exact) mass is 279 g/mol. The summed E-state index contributed by atoms with van der Waals surface area (Å²) in [6.45, 7) is 0.646. The van der Waals surface area contributed by atoms with Crippen LogP contribution in [0.3, 0.4) is 0 Å². The van der Waals surface area contributed by atoms with Crippen molar-refractivity contribution in [2.75, 3.05) is 11.9 Å². The summed E-state index contributed by atoms with van der Waals surface area (Å²) in [6, 6.07) is 3.58. The van der Waals surface area contributed by atoms with E-state index in [-0.39, 0.29) is 16.7 Å². The molecule has 0 amide bonds. The van der Waals surface area contributed by atoms with E-state index in [1.807, 2.05) is 6.07 Å². The summed E-state index contributed by atoms with van der Waals surface area (Å²) in [5.41, 5.74) is 2.60. The van der Waals surface area contributed by atoms with Gasteiger partial charge < -0.3 is 10.4 Å². The molecule has 1 aromatic carbocycles. The highest BCUT2D eigenvalue weighted by atomic mass is 32.1. The van der Waals surface area contributed by atoms with Gasteiger partial charge in [0, 0.05) is 6.54 Å². The molecule has 0 bridgehead atoms. The van der Waals surface area contributed by atoms with Gasteiger partial charge in [0.2, 0.25) is 0 Å². The van der Waals surface area contributed by atoms with Crippen molar-refractivity contribution in [2.45, 2.75) is 18.9 Å². The number of thiazole rings is 1. The molecule has 19 heavy (non-hydrogen) atoms. The molecule has 0 radical (unpaired) electrons. The maximum Gasteiger partial charge on any atom is 0.319 e. The standard InChI is InChI=1S/C12H13N3O3S/c16-8-3-7(4-8)5-13-9-1-2-10-11(14-6-19-10)12(9)15(17)18/h1-2,6-8,13,16H,3-5H2. The number of rotatable bonds is 4. The van der Waals surface area contributed by atoms with E-state index < -0.39 is 0 Å². The lowest BCUT2D eigenvalue weighted by atomic mass is 9.82. The quantitative estimate of drug-likeness (QED) is 0.662.